The van der Waals surface area contributed by atoms with E-state index in [0.29, 0.717) is 5.69 Å². The third kappa shape index (κ3) is 4.32. The van der Waals surface area contributed by atoms with E-state index in [1.807, 2.05) is 39.0 Å². The maximum absolute atomic E-state index is 14.3. The van der Waals surface area contributed by atoms with Crippen LogP contribution >= 0.6 is 0 Å². The van der Waals surface area contributed by atoms with E-state index in [1.165, 1.54) is 29.0 Å². The van der Waals surface area contributed by atoms with E-state index >= 15 is 0 Å². The van der Waals surface area contributed by atoms with Gasteiger partial charge >= 0.3 is 0 Å². The number of para-hydroxylation sites is 1. The number of likely N-dealkylation sites (tertiary alicyclic amines) is 1. The molecular weight excluding hydrogens is 504 g/mol. The number of fused-ring (bicyclic) bond motifs is 3. The molecule has 202 valence electrons. The Balaban J connectivity index is 1.49. The monoisotopic (exact) mass is 533 g/mol. The van der Waals surface area contributed by atoms with Crippen LogP contribution in [0.4, 0.5) is 14.5 Å². The number of carbonyl (C=O) groups is 3. The van der Waals surface area contributed by atoms with Crippen LogP contribution < -0.4 is 5.32 Å². The summed E-state index contributed by atoms with van der Waals surface area (Å²) in [5, 5.41) is 12.8. The number of amides is 3. The lowest BCUT2D eigenvalue weighted by atomic mass is 9.80. The molecule has 10 heteroatoms. The van der Waals surface area contributed by atoms with Crippen molar-refractivity contribution in [3.63, 3.8) is 0 Å². The normalized spacial score (nSPS) is 21.1. The zero-order valence-corrected chi connectivity index (χ0v) is 22.1. The predicted octanol–water partition coefficient (Wildman–Crippen LogP) is 4.34. The summed E-state index contributed by atoms with van der Waals surface area (Å²) in [5.74, 6) is -3.39. The Morgan fingerprint density at radius 3 is 2.64 bits per heavy atom. The number of carbonyl (C=O) groups excluding carboxylic acids is 3. The van der Waals surface area contributed by atoms with Gasteiger partial charge in [0.05, 0.1) is 11.5 Å². The minimum absolute atomic E-state index is 0.00235. The number of hydrogen-bond acceptors (Lipinski definition) is 4. The van der Waals surface area contributed by atoms with Crippen LogP contribution in [0.2, 0.25) is 0 Å². The fourth-order valence-electron chi connectivity index (χ4n) is 5.74. The number of nitriles is 1. The first-order valence-corrected chi connectivity index (χ1v) is 12.7. The average Bonchev–Trinajstić information content (AvgIpc) is 3.58. The Morgan fingerprint density at radius 1 is 1.23 bits per heavy atom. The molecule has 0 radical (unpaired) electrons. The Kier molecular flexibility index (Phi) is 6.21. The van der Waals surface area contributed by atoms with E-state index in [1.54, 1.807) is 6.07 Å². The molecule has 5 rings (SSSR count). The molecule has 3 heterocycles. The van der Waals surface area contributed by atoms with Crippen molar-refractivity contribution in [2.24, 2.45) is 5.41 Å². The van der Waals surface area contributed by atoms with Gasteiger partial charge in [0, 0.05) is 36.6 Å². The zero-order chi connectivity index (χ0) is 28.3. The van der Waals surface area contributed by atoms with Gasteiger partial charge in [-0.2, -0.15) is 5.26 Å². The van der Waals surface area contributed by atoms with Crippen LogP contribution in [0, 0.1) is 28.4 Å². The first-order valence-electron chi connectivity index (χ1n) is 12.7. The van der Waals surface area contributed by atoms with Crippen LogP contribution in [0.3, 0.4) is 0 Å². The van der Waals surface area contributed by atoms with Gasteiger partial charge in [0.25, 0.3) is 5.91 Å². The Hall–Kier alpha value is -4.26. The molecule has 1 unspecified atom stereocenters. The number of aromatic nitrogens is 1. The van der Waals surface area contributed by atoms with E-state index in [2.05, 4.69) is 16.4 Å². The van der Waals surface area contributed by atoms with E-state index < -0.39 is 40.9 Å². The first kappa shape index (κ1) is 26.4. The molecule has 2 aliphatic heterocycles. The van der Waals surface area contributed by atoms with E-state index in [4.69, 9.17) is 0 Å². The van der Waals surface area contributed by atoms with Crippen molar-refractivity contribution in [3.8, 4) is 6.07 Å². The molecule has 39 heavy (non-hydrogen) atoms. The summed E-state index contributed by atoms with van der Waals surface area (Å²) in [7, 11) is 1.48. The van der Waals surface area contributed by atoms with Gasteiger partial charge in [0.2, 0.25) is 11.8 Å². The van der Waals surface area contributed by atoms with Gasteiger partial charge in [0.1, 0.15) is 17.8 Å². The van der Waals surface area contributed by atoms with Gasteiger partial charge in [-0.05, 0) is 41.7 Å². The van der Waals surface area contributed by atoms with Crippen molar-refractivity contribution >= 4 is 34.3 Å². The summed E-state index contributed by atoms with van der Waals surface area (Å²) < 4.78 is 28.0. The van der Waals surface area contributed by atoms with Crippen LogP contribution in [-0.2, 0) is 15.0 Å². The van der Waals surface area contributed by atoms with Crippen molar-refractivity contribution < 1.29 is 23.2 Å². The van der Waals surface area contributed by atoms with E-state index in [-0.39, 0.29) is 47.3 Å². The third-order valence-electron chi connectivity index (χ3n) is 7.72. The molecule has 3 atom stereocenters. The molecule has 0 saturated carbocycles. The summed E-state index contributed by atoms with van der Waals surface area (Å²) in [6, 6.07) is 11.1. The number of benzene rings is 2. The van der Waals surface area contributed by atoms with Crippen LogP contribution in [-0.4, -0.2) is 58.2 Å². The molecule has 0 aliphatic carbocycles. The number of aromatic amines is 1. The molecule has 3 amide bonds. The van der Waals surface area contributed by atoms with Crippen molar-refractivity contribution in [2.45, 2.75) is 51.1 Å². The van der Waals surface area contributed by atoms with Gasteiger partial charge in [-0.25, -0.2) is 8.78 Å². The number of likely N-dealkylation sites (N-methyl/N-ethyl adjacent to an activating group) is 1. The maximum Gasteiger partial charge on any atom is 0.270 e. The van der Waals surface area contributed by atoms with Crippen LogP contribution in [0.5, 0.6) is 0 Å². The van der Waals surface area contributed by atoms with Gasteiger partial charge in [0.15, 0.2) is 11.6 Å². The smallest absolute Gasteiger partial charge is 0.270 e. The second-order valence-corrected chi connectivity index (χ2v) is 11.6. The number of nitrogens with one attached hydrogen (secondary N) is 2. The van der Waals surface area contributed by atoms with Gasteiger partial charge in [-0.3, -0.25) is 14.4 Å². The highest BCUT2D eigenvalue weighted by atomic mass is 19.2. The number of anilines is 1. The second kappa shape index (κ2) is 9.19. The Bertz CT molecular complexity index is 1550. The molecule has 1 aromatic heterocycles. The number of hydrogen-bond donors (Lipinski definition) is 2. The summed E-state index contributed by atoms with van der Waals surface area (Å²) in [6.07, 6.45) is 0.409. The SMILES string of the molecule is CN(C(=O)c1cc2c(F)c(F)ccc2[nH]1)[C@@H](CC(C)(C)C)C(=O)N1C[C@]2(CC1C#N)C(=O)Nc1ccccc12. The number of halogens is 2. The van der Waals surface area contributed by atoms with Gasteiger partial charge in [-0.15, -0.1) is 0 Å². The number of rotatable bonds is 4. The lowest BCUT2D eigenvalue weighted by molar-refractivity contribution is -0.137. The molecule has 2 N–H and O–H groups in total. The minimum Gasteiger partial charge on any atom is -0.350 e. The van der Waals surface area contributed by atoms with Crippen LogP contribution in [0.25, 0.3) is 10.9 Å². The zero-order valence-electron chi connectivity index (χ0n) is 22.1. The molecule has 1 saturated heterocycles. The van der Waals surface area contributed by atoms with Crippen molar-refractivity contribution in [2.75, 3.05) is 18.9 Å². The van der Waals surface area contributed by atoms with Gasteiger partial charge < -0.3 is 20.1 Å². The number of H-pyrrole nitrogens is 1. The fourth-order valence-corrected chi connectivity index (χ4v) is 5.74. The topological polar surface area (TPSA) is 109 Å². The van der Waals surface area contributed by atoms with Gasteiger partial charge in [-0.1, -0.05) is 39.0 Å². The van der Waals surface area contributed by atoms with Crippen molar-refractivity contribution in [1.29, 1.82) is 5.26 Å². The predicted molar refractivity (Wildman–Crippen MR) is 141 cm³/mol. The number of nitrogens with zero attached hydrogens (tertiary/aromatic N) is 3. The lowest BCUT2D eigenvalue weighted by Crippen LogP contribution is -2.52. The molecule has 8 nitrogen and oxygen atoms in total. The second-order valence-electron chi connectivity index (χ2n) is 11.6. The first-order chi connectivity index (χ1) is 18.4. The maximum atomic E-state index is 14.3. The average molecular weight is 534 g/mol. The highest BCUT2D eigenvalue weighted by Crippen LogP contribution is 2.46. The quantitative estimate of drug-likeness (QED) is 0.520. The van der Waals surface area contributed by atoms with E-state index in [0.717, 1.165) is 11.6 Å². The molecule has 2 aromatic carbocycles. The highest BCUT2D eigenvalue weighted by Gasteiger charge is 2.56. The summed E-state index contributed by atoms with van der Waals surface area (Å²) in [5.41, 5.74) is 0.217. The summed E-state index contributed by atoms with van der Waals surface area (Å²) >= 11 is 0. The Labute approximate surface area is 224 Å². The van der Waals surface area contributed by atoms with Crippen molar-refractivity contribution in [1.82, 2.24) is 14.8 Å². The van der Waals surface area contributed by atoms with E-state index in [9.17, 15) is 28.4 Å². The summed E-state index contributed by atoms with van der Waals surface area (Å²) in [4.78, 5) is 46.3. The molecule has 1 fully saturated rings. The Morgan fingerprint density at radius 2 is 1.95 bits per heavy atom. The lowest BCUT2D eigenvalue weighted by Gasteiger charge is -2.35. The molecule has 3 aromatic rings. The minimum atomic E-state index is -1.07. The summed E-state index contributed by atoms with van der Waals surface area (Å²) in [6.45, 7) is 5.80. The molecule has 2 aliphatic rings. The van der Waals surface area contributed by atoms with Crippen LogP contribution in [0.1, 0.15) is 49.7 Å². The fraction of sp³-hybridized carbons (Fsp3) is 0.379. The molecule has 1 spiro atoms. The van der Waals surface area contributed by atoms with Crippen LogP contribution in [0.15, 0.2) is 42.5 Å². The highest BCUT2D eigenvalue weighted by molar-refractivity contribution is 6.07. The standard InChI is InChI=1S/C29H29F2N5O3/c1-28(2,3)13-23(35(4)25(37)22-11-17-20(33-22)10-9-19(30)24(17)31)26(38)36-15-29(12-16(36)14-32)18-7-5-6-8-21(18)34-27(29)39/h5-11,16,23,33H,12-13,15H2,1-4H3,(H,34,39)/t16?,23-,29-/m0/s1. The third-order valence-corrected chi connectivity index (χ3v) is 7.72. The molecule has 0 bridgehead atoms. The van der Waals surface area contributed by atoms with Crippen molar-refractivity contribution in [3.05, 3.63) is 65.4 Å². The largest absolute Gasteiger partial charge is 0.350 e. The molecular formula is C29H29F2N5O3.